The summed E-state index contributed by atoms with van der Waals surface area (Å²) >= 11 is 0. The van der Waals surface area contributed by atoms with Crippen molar-refractivity contribution in [2.45, 2.75) is 32.2 Å². The minimum absolute atomic E-state index is 0.223. The molecule has 2 aliphatic heterocycles. The minimum Gasteiger partial charge on any atom is -0.494 e. The molecule has 6 bridgehead atoms. The van der Waals surface area contributed by atoms with E-state index < -0.39 is 0 Å². The molecule has 10 heteroatoms. The number of rotatable bonds is 0. The van der Waals surface area contributed by atoms with Gasteiger partial charge in [-0.25, -0.2) is 4.98 Å². The van der Waals surface area contributed by atoms with Gasteiger partial charge in [-0.1, -0.05) is 5.21 Å². The number of ketones is 1. The topological polar surface area (TPSA) is 113 Å². The maximum atomic E-state index is 12.2. The normalized spacial score (nSPS) is 15.1. The largest absolute Gasteiger partial charge is 0.494 e. The Kier molecular flexibility index (Phi) is 4.80. The maximum absolute atomic E-state index is 12.2. The van der Waals surface area contributed by atoms with E-state index >= 15 is 0 Å². The Morgan fingerprint density at radius 2 is 1.97 bits per heavy atom. The molecule has 0 amide bonds. The SMILES string of the molecule is O=C1CCCCOc2ccc(cc2)Nc2ncc3nnn(c3n2)-c2cnn(c2)CC1. The summed E-state index contributed by atoms with van der Waals surface area (Å²) in [6.07, 6.45) is 7.78. The van der Waals surface area contributed by atoms with Crippen LogP contribution in [0.3, 0.4) is 0 Å². The number of aromatic nitrogens is 7. The molecule has 0 unspecified atom stereocenters. The van der Waals surface area contributed by atoms with Gasteiger partial charge in [0.2, 0.25) is 5.95 Å². The van der Waals surface area contributed by atoms with Crippen molar-refractivity contribution in [1.82, 2.24) is 34.7 Å². The number of aryl methyl sites for hydroxylation is 1. The standard InChI is InChI=1S/C20H20N8O2/c29-16-3-1-2-10-30-17-6-4-14(5-7-17)23-20-21-12-18-19(24-20)28(26-25-18)15-11-22-27(13-15)9-8-16/h4-7,11-13H,1-3,8-10H2,(H,21,23,24). The molecule has 5 heterocycles. The Bertz CT molecular complexity index is 1180. The van der Waals surface area contributed by atoms with Gasteiger partial charge < -0.3 is 10.1 Å². The van der Waals surface area contributed by atoms with Gasteiger partial charge in [0.15, 0.2) is 11.2 Å². The van der Waals surface area contributed by atoms with E-state index in [9.17, 15) is 4.79 Å². The van der Waals surface area contributed by atoms with Crippen LogP contribution in [0.5, 0.6) is 5.75 Å². The first kappa shape index (κ1) is 18.2. The number of nitrogens with zero attached hydrogens (tertiary/aromatic N) is 7. The van der Waals surface area contributed by atoms with E-state index in [0.717, 1.165) is 30.0 Å². The van der Waals surface area contributed by atoms with Gasteiger partial charge in [-0.3, -0.25) is 9.48 Å². The van der Waals surface area contributed by atoms with Gasteiger partial charge in [-0.15, -0.1) is 5.10 Å². The highest BCUT2D eigenvalue weighted by Gasteiger charge is 2.13. The van der Waals surface area contributed by atoms with Crippen LogP contribution >= 0.6 is 0 Å². The molecule has 0 spiro atoms. The average Bonchev–Trinajstić information content (AvgIpc) is 3.39. The fourth-order valence-electron chi connectivity index (χ4n) is 3.29. The van der Waals surface area contributed by atoms with Gasteiger partial charge in [0.05, 0.1) is 25.2 Å². The summed E-state index contributed by atoms with van der Waals surface area (Å²) in [5, 5.41) is 15.9. The van der Waals surface area contributed by atoms with Crippen LogP contribution in [0.2, 0.25) is 0 Å². The predicted octanol–water partition coefficient (Wildman–Crippen LogP) is 2.67. The summed E-state index contributed by atoms with van der Waals surface area (Å²) in [4.78, 5) is 21.1. The second-order valence-electron chi connectivity index (χ2n) is 7.11. The Morgan fingerprint density at radius 3 is 2.87 bits per heavy atom. The number of nitrogens with one attached hydrogen (secondary N) is 1. The highest BCUT2D eigenvalue weighted by atomic mass is 16.5. The number of hydrogen-bond donors (Lipinski definition) is 1. The van der Waals surface area contributed by atoms with Gasteiger partial charge in [-0.2, -0.15) is 14.8 Å². The third-order valence-electron chi connectivity index (χ3n) is 4.91. The lowest BCUT2D eigenvalue weighted by molar-refractivity contribution is -0.119. The molecule has 0 saturated carbocycles. The third-order valence-corrected chi connectivity index (χ3v) is 4.91. The first-order valence-electron chi connectivity index (χ1n) is 9.87. The molecular formula is C20H20N8O2. The number of benzene rings is 1. The zero-order valence-corrected chi connectivity index (χ0v) is 16.2. The first-order valence-corrected chi connectivity index (χ1v) is 9.87. The average molecular weight is 404 g/mol. The maximum Gasteiger partial charge on any atom is 0.229 e. The number of carbonyl (C=O) groups is 1. The molecule has 152 valence electrons. The van der Waals surface area contributed by atoms with E-state index in [1.807, 2.05) is 30.5 Å². The van der Waals surface area contributed by atoms with Crippen molar-refractivity contribution in [3.8, 4) is 11.4 Å². The van der Waals surface area contributed by atoms with Gasteiger partial charge >= 0.3 is 0 Å². The summed E-state index contributed by atoms with van der Waals surface area (Å²) in [5.41, 5.74) is 2.71. The molecular weight excluding hydrogens is 384 g/mol. The molecule has 1 N–H and O–H groups in total. The van der Waals surface area contributed by atoms with Gasteiger partial charge in [0, 0.05) is 25.1 Å². The minimum atomic E-state index is 0.223. The van der Waals surface area contributed by atoms with Crippen molar-refractivity contribution in [2.75, 3.05) is 11.9 Å². The zero-order valence-electron chi connectivity index (χ0n) is 16.2. The second kappa shape index (κ2) is 7.90. The van der Waals surface area contributed by atoms with E-state index in [-0.39, 0.29) is 5.78 Å². The van der Waals surface area contributed by atoms with Crippen LogP contribution in [0.15, 0.2) is 42.9 Å². The van der Waals surface area contributed by atoms with Crippen molar-refractivity contribution in [2.24, 2.45) is 0 Å². The fourth-order valence-corrected chi connectivity index (χ4v) is 3.29. The molecule has 0 saturated heterocycles. The molecule has 4 aromatic rings. The number of anilines is 2. The molecule has 30 heavy (non-hydrogen) atoms. The van der Waals surface area contributed by atoms with Crippen LogP contribution in [0.1, 0.15) is 25.7 Å². The van der Waals surface area contributed by atoms with Gasteiger partial charge in [0.25, 0.3) is 0 Å². The third kappa shape index (κ3) is 3.84. The lowest BCUT2D eigenvalue weighted by Gasteiger charge is -2.09. The number of ether oxygens (including phenoxy) is 1. The van der Waals surface area contributed by atoms with Gasteiger partial charge in [0.1, 0.15) is 17.2 Å². The molecule has 0 radical (unpaired) electrons. The van der Waals surface area contributed by atoms with Crippen LogP contribution in [-0.4, -0.2) is 47.1 Å². The van der Waals surface area contributed by atoms with Gasteiger partial charge in [-0.05, 0) is 37.1 Å². The predicted molar refractivity (Wildman–Crippen MR) is 109 cm³/mol. The van der Waals surface area contributed by atoms with E-state index in [2.05, 4.69) is 30.7 Å². The zero-order chi connectivity index (χ0) is 20.3. The Labute approximate surface area is 171 Å². The smallest absolute Gasteiger partial charge is 0.229 e. The molecule has 0 atom stereocenters. The number of carbonyl (C=O) groups excluding carboxylic acids is 1. The van der Waals surface area contributed by atoms with E-state index in [1.54, 1.807) is 21.8 Å². The number of Topliss-reactive ketones (excluding diaryl/α,β-unsaturated/α-hetero) is 1. The fraction of sp³-hybridized carbons (Fsp3) is 0.300. The Morgan fingerprint density at radius 1 is 1.07 bits per heavy atom. The molecule has 1 aromatic carbocycles. The van der Waals surface area contributed by atoms with Crippen LogP contribution in [0.25, 0.3) is 16.9 Å². The molecule has 10 nitrogen and oxygen atoms in total. The lowest BCUT2D eigenvalue weighted by atomic mass is 10.1. The Hall–Kier alpha value is -3.82. The van der Waals surface area contributed by atoms with E-state index in [0.29, 0.717) is 43.1 Å². The van der Waals surface area contributed by atoms with Crippen molar-refractivity contribution in [1.29, 1.82) is 0 Å². The molecule has 6 rings (SSSR count). The van der Waals surface area contributed by atoms with Crippen molar-refractivity contribution in [3.63, 3.8) is 0 Å². The molecule has 3 aromatic heterocycles. The van der Waals surface area contributed by atoms with E-state index in [4.69, 9.17) is 4.74 Å². The van der Waals surface area contributed by atoms with Crippen molar-refractivity contribution in [3.05, 3.63) is 42.9 Å². The molecule has 0 fully saturated rings. The number of fused-ring (bicyclic) bond motifs is 9. The monoisotopic (exact) mass is 404 g/mol. The first-order chi connectivity index (χ1) is 14.7. The summed E-state index contributed by atoms with van der Waals surface area (Å²) in [6, 6.07) is 7.60. The quantitative estimate of drug-likeness (QED) is 0.476. The molecule has 0 aliphatic carbocycles. The summed E-state index contributed by atoms with van der Waals surface area (Å²) in [7, 11) is 0. The van der Waals surface area contributed by atoms with Crippen LogP contribution in [-0.2, 0) is 11.3 Å². The number of hydrogen-bond acceptors (Lipinski definition) is 8. The highest BCUT2D eigenvalue weighted by molar-refractivity contribution is 5.78. The summed E-state index contributed by atoms with van der Waals surface area (Å²) in [5.74, 6) is 1.45. The second-order valence-corrected chi connectivity index (χ2v) is 7.11. The highest BCUT2D eigenvalue weighted by Crippen LogP contribution is 2.20. The van der Waals surface area contributed by atoms with Crippen molar-refractivity contribution < 1.29 is 9.53 Å². The van der Waals surface area contributed by atoms with Crippen molar-refractivity contribution >= 4 is 28.6 Å². The van der Waals surface area contributed by atoms with Crippen LogP contribution in [0.4, 0.5) is 11.6 Å². The Balaban J connectivity index is 1.49. The summed E-state index contributed by atoms with van der Waals surface area (Å²) in [6.45, 7) is 1.11. The summed E-state index contributed by atoms with van der Waals surface area (Å²) < 4.78 is 9.11. The van der Waals surface area contributed by atoms with Crippen LogP contribution in [0, 0.1) is 0 Å². The lowest BCUT2D eigenvalue weighted by Crippen LogP contribution is -2.07. The van der Waals surface area contributed by atoms with Crippen LogP contribution < -0.4 is 10.1 Å². The molecule has 2 aliphatic rings. The van der Waals surface area contributed by atoms with E-state index in [1.165, 1.54) is 0 Å².